The molecular weight excluding hydrogens is 222 g/mol. The first-order valence-corrected chi connectivity index (χ1v) is 6.42. The highest BCUT2D eigenvalue weighted by molar-refractivity contribution is 7.99. The standard InChI is InChI=1S/C11H17N3OS/c1-8(16-2)7-14-11(15)9-3-4-13-10(5-9)6-12/h3-5,8H,6-7,12H2,1-2H3,(H,14,15). The molecule has 0 aromatic carbocycles. The number of hydrogen-bond acceptors (Lipinski definition) is 4. The average molecular weight is 239 g/mol. The van der Waals surface area contributed by atoms with Crippen molar-refractivity contribution in [1.82, 2.24) is 10.3 Å². The summed E-state index contributed by atoms with van der Waals surface area (Å²) in [7, 11) is 0. The topological polar surface area (TPSA) is 68.0 Å². The molecule has 4 nitrogen and oxygen atoms in total. The average Bonchev–Trinajstić information content (AvgIpc) is 2.35. The van der Waals surface area contributed by atoms with Gasteiger partial charge in [0.05, 0.1) is 5.69 Å². The predicted octanol–water partition coefficient (Wildman–Crippen LogP) is 1.02. The molecule has 1 aromatic heterocycles. The molecule has 0 saturated heterocycles. The van der Waals surface area contributed by atoms with Gasteiger partial charge in [0, 0.05) is 30.1 Å². The van der Waals surface area contributed by atoms with Crippen LogP contribution in [0.15, 0.2) is 18.3 Å². The van der Waals surface area contributed by atoms with Crippen molar-refractivity contribution in [2.24, 2.45) is 5.73 Å². The van der Waals surface area contributed by atoms with E-state index in [0.29, 0.717) is 23.9 Å². The molecule has 1 unspecified atom stereocenters. The second-order valence-corrected chi connectivity index (χ2v) is 4.77. The Bertz CT molecular complexity index is 357. The molecule has 3 N–H and O–H groups in total. The van der Waals surface area contributed by atoms with Crippen molar-refractivity contribution >= 4 is 17.7 Å². The van der Waals surface area contributed by atoms with Crippen molar-refractivity contribution in [3.63, 3.8) is 0 Å². The summed E-state index contributed by atoms with van der Waals surface area (Å²) in [6.45, 7) is 3.09. The first-order chi connectivity index (χ1) is 7.67. The molecule has 0 bridgehead atoms. The van der Waals surface area contributed by atoms with E-state index in [0.717, 1.165) is 5.69 Å². The first kappa shape index (κ1) is 13.0. The van der Waals surface area contributed by atoms with Crippen LogP contribution in [0.1, 0.15) is 23.0 Å². The molecule has 1 rings (SSSR count). The molecule has 0 aliphatic rings. The van der Waals surface area contributed by atoms with Crippen LogP contribution in [0.3, 0.4) is 0 Å². The van der Waals surface area contributed by atoms with E-state index >= 15 is 0 Å². The zero-order chi connectivity index (χ0) is 12.0. The fourth-order valence-corrected chi connectivity index (χ4v) is 1.40. The van der Waals surface area contributed by atoms with Crippen molar-refractivity contribution < 1.29 is 4.79 Å². The summed E-state index contributed by atoms with van der Waals surface area (Å²) in [5.74, 6) is -0.0713. The number of rotatable bonds is 5. The third-order valence-electron chi connectivity index (χ3n) is 2.24. The zero-order valence-electron chi connectivity index (χ0n) is 9.56. The fraction of sp³-hybridized carbons (Fsp3) is 0.455. The number of nitrogens with two attached hydrogens (primary N) is 1. The van der Waals surface area contributed by atoms with Crippen LogP contribution < -0.4 is 11.1 Å². The molecule has 0 aliphatic heterocycles. The number of amides is 1. The molecule has 88 valence electrons. The van der Waals surface area contributed by atoms with Crippen LogP contribution in [0.4, 0.5) is 0 Å². The molecule has 1 amide bonds. The normalized spacial score (nSPS) is 12.2. The molecule has 1 heterocycles. The Labute approximate surface area is 100 Å². The second-order valence-electron chi connectivity index (χ2n) is 3.50. The number of nitrogens with zero attached hydrogens (tertiary/aromatic N) is 1. The summed E-state index contributed by atoms with van der Waals surface area (Å²) in [6, 6.07) is 3.41. The molecule has 0 saturated carbocycles. The van der Waals surface area contributed by atoms with Crippen molar-refractivity contribution in [3.8, 4) is 0 Å². The van der Waals surface area contributed by atoms with Gasteiger partial charge in [0.15, 0.2) is 0 Å². The van der Waals surface area contributed by atoms with Crippen LogP contribution in [0.2, 0.25) is 0 Å². The maximum absolute atomic E-state index is 11.7. The minimum absolute atomic E-state index is 0.0713. The van der Waals surface area contributed by atoms with E-state index in [1.165, 1.54) is 0 Å². The number of nitrogens with one attached hydrogen (secondary N) is 1. The van der Waals surface area contributed by atoms with Gasteiger partial charge < -0.3 is 11.1 Å². The van der Waals surface area contributed by atoms with Gasteiger partial charge in [-0.1, -0.05) is 6.92 Å². The number of aromatic nitrogens is 1. The van der Waals surface area contributed by atoms with Gasteiger partial charge in [0.1, 0.15) is 0 Å². The third kappa shape index (κ3) is 3.83. The summed E-state index contributed by atoms with van der Waals surface area (Å²) in [6.07, 6.45) is 3.63. The lowest BCUT2D eigenvalue weighted by molar-refractivity contribution is 0.0954. The molecule has 0 fully saturated rings. The third-order valence-corrected chi connectivity index (χ3v) is 3.21. The van der Waals surface area contributed by atoms with Gasteiger partial charge in [-0.3, -0.25) is 9.78 Å². The summed E-state index contributed by atoms with van der Waals surface area (Å²) in [5, 5.41) is 3.29. The number of carbonyl (C=O) groups excluding carboxylic acids is 1. The molecular formula is C11H17N3OS. The van der Waals surface area contributed by atoms with E-state index in [4.69, 9.17) is 5.73 Å². The van der Waals surface area contributed by atoms with Crippen LogP contribution >= 0.6 is 11.8 Å². The van der Waals surface area contributed by atoms with E-state index in [9.17, 15) is 4.79 Å². The molecule has 16 heavy (non-hydrogen) atoms. The van der Waals surface area contributed by atoms with Gasteiger partial charge in [-0.05, 0) is 18.4 Å². The summed E-state index contributed by atoms with van der Waals surface area (Å²) < 4.78 is 0. The van der Waals surface area contributed by atoms with Crippen LogP contribution in [0.25, 0.3) is 0 Å². The van der Waals surface area contributed by atoms with Crippen molar-refractivity contribution in [2.75, 3.05) is 12.8 Å². The highest BCUT2D eigenvalue weighted by Gasteiger charge is 2.07. The summed E-state index contributed by atoms with van der Waals surface area (Å²) in [5.41, 5.74) is 6.81. The molecule has 0 aliphatic carbocycles. The van der Waals surface area contributed by atoms with Crippen LogP contribution in [-0.4, -0.2) is 28.9 Å². The minimum Gasteiger partial charge on any atom is -0.351 e. The number of carbonyl (C=O) groups is 1. The fourth-order valence-electron chi connectivity index (χ4n) is 1.15. The molecule has 5 heteroatoms. The van der Waals surface area contributed by atoms with Gasteiger partial charge in [-0.2, -0.15) is 11.8 Å². The van der Waals surface area contributed by atoms with E-state index in [-0.39, 0.29) is 5.91 Å². The second kappa shape index (κ2) is 6.50. The van der Waals surface area contributed by atoms with Gasteiger partial charge in [-0.15, -0.1) is 0 Å². The smallest absolute Gasteiger partial charge is 0.251 e. The van der Waals surface area contributed by atoms with Crippen molar-refractivity contribution in [3.05, 3.63) is 29.6 Å². The summed E-state index contributed by atoms with van der Waals surface area (Å²) in [4.78, 5) is 15.8. The Kier molecular flexibility index (Phi) is 5.28. The highest BCUT2D eigenvalue weighted by Crippen LogP contribution is 2.04. The van der Waals surface area contributed by atoms with Gasteiger partial charge in [-0.25, -0.2) is 0 Å². The zero-order valence-corrected chi connectivity index (χ0v) is 10.4. The Balaban J connectivity index is 2.58. The van der Waals surface area contributed by atoms with Gasteiger partial charge >= 0.3 is 0 Å². The van der Waals surface area contributed by atoms with Crippen molar-refractivity contribution in [1.29, 1.82) is 0 Å². The molecule has 0 radical (unpaired) electrons. The van der Waals surface area contributed by atoms with Gasteiger partial charge in [0.2, 0.25) is 0 Å². The van der Waals surface area contributed by atoms with E-state index in [2.05, 4.69) is 17.2 Å². The molecule has 0 spiro atoms. The van der Waals surface area contributed by atoms with Crippen LogP contribution in [-0.2, 0) is 6.54 Å². The lowest BCUT2D eigenvalue weighted by Gasteiger charge is -2.10. The van der Waals surface area contributed by atoms with Crippen LogP contribution in [0, 0.1) is 0 Å². The number of pyridine rings is 1. The lowest BCUT2D eigenvalue weighted by atomic mass is 10.2. The SMILES string of the molecule is CSC(C)CNC(=O)c1ccnc(CN)c1. The largest absolute Gasteiger partial charge is 0.351 e. The monoisotopic (exact) mass is 239 g/mol. The Morgan fingerprint density at radius 2 is 2.44 bits per heavy atom. The Morgan fingerprint density at radius 1 is 1.69 bits per heavy atom. The summed E-state index contributed by atoms with van der Waals surface area (Å²) >= 11 is 1.72. The molecule has 1 atom stereocenters. The minimum atomic E-state index is -0.0713. The number of hydrogen-bond donors (Lipinski definition) is 2. The Hall–Kier alpha value is -1.07. The van der Waals surface area contributed by atoms with E-state index < -0.39 is 0 Å². The molecule has 1 aromatic rings. The first-order valence-electron chi connectivity index (χ1n) is 5.13. The van der Waals surface area contributed by atoms with Crippen molar-refractivity contribution in [2.45, 2.75) is 18.7 Å². The van der Waals surface area contributed by atoms with Gasteiger partial charge in [0.25, 0.3) is 5.91 Å². The maximum Gasteiger partial charge on any atom is 0.251 e. The van der Waals surface area contributed by atoms with Crippen LogP contribution in [0.5, 0.6) is 0 Å². The van der Waals surface area contributed by atoms with E-state index in [1.807, 2.05) is 6.26 Å². The highest BCUT2D eigenvalue weighted by atomic mass is 32.2. The maximum atomic E-state index is 11.7. The quantitative estimate of drug-likeness (QED) is 0.805. The Morgan fingerprint density at radius 3 is 3.06 bits per heavy atom. The number of thioether (sulfide) groups is 1. The predicted molar refractivity (Wildman–Crippen MR) is 67.4 cm³/mol. The lowest BCUT2D eigenvalue weighted by Crippen LogP contribution is -2.29. The van der Waals surface area contributed by atoms with E-state index in [1.54, 1.807) is 30.1 Å².